The van der Waals surface area contributed by atoms with Crippen LogP contribution >= 0.6 is 0 Å². The number of hydrogen-bond acceptors (Lipinski definition) is 10. The minimum atomic E-state index is -0.485. The topological polar surface area (TPSA) is 174 Å². The summed E-state index contributed by atoms with van der Waals surface area (Å²) in [5.41, 5.74) is 5.39. The number of aromatic nitrogens is 4. The Morgan fingerprint density at radius 2 is 0.924 bits per heavy atom. The summed E-state index contributed by atoms with van der Waals surface area (Å²) in [6.07, 6.45) is 1.82. The lowest BCUT2D eigenvalue weighted by atomic mass is 9.96. The molecule has 5 amide bonds. The molecule has 0 spiro atoms. The number of para-hydroxylation sites is 1. The number of carbonyl (C=O) groups is 5. The Bertz CT molecular complexity index is 3990. The van der Waals surface area contributed by atoms with Gasteiger partial charge in [0.25, 0.3) is 34.7 Å². The van der Waals surface area contributed by atoms with Crippen molar-refractivity contribution in [2.45, 2.75) is 57.7 Å². The maximum atomic E-state index is 14.7. The van der Waals surface area contributed by atoms with E-state index in [4.69, 9.17) is 14.7 Å². The van der Waals surface area contributed by atoms with Crippen LogP contribution in [0.25, 0.3) is 21.8 Å². The largest absolute Gasteiger partial charge is 0.457 e. The van der Waals surface area contributed by atoms with Gasteiger partial charge in [0.05, 0.1) is 50.0 Å². The summed E-state index contributed by atoms with van der Waals surface area (Å²) in [6, 6.07) is 47.0. The van der Waals surface area contributed by atoms with E-state index in [9.17, 15) is 38.0 Å². The van der Waals surface area contributed by atoms with Crippen molar-refractivity contribution in [3.05, 3.63) is 246 Å². The number of rotatable bonds is 17. The van der Waals surface area contributed by atoms with Crippen molar-refractivity contribution in [3.8, 4) is 11.5 Å². The predicted molar refractivity (Wildman–Crippen MR) is 293 cm³/mol. The summed E-state index contributed by atoms with van der Waals surface area (Å²) in [7, 11) is 0. The lowest BCUT2D eigenvalue weighted by Gasteiger charge is -2.19. The first-order valence-corrected chi connectivity index (χ1v) is 26.3. The van der Waals surface area contributed by atoms with Gasteiger partial charge in [0.2, 0.25) is 5.91 Å². The van der Waals surface area contributed by atoms with E-state index in [1.165, 1.54) is 21.9 Å². The molecule has 9 aromatic rings. The molecule has 3 aliphatic heterocycles. The summed E-state index contributed by atoms with van der Waals surface area (Å²) in [4.78, 5) is 110. The van der Waals surface area contributed by atoms with Crippen molar-refractivity contribution in [2.24, 2.45) is 0 Å². The highest BCUT2D eigenvalue weighted by atomic mass is 19.1. The molecule has 1 unspecified atom stereocenters. The monoisotopic (exact) mass is 1050 g/mol. The van der Waals surface area contributed by atoms with Crippen LogP contribution in [0, 0.1) is 5.82 Å². The van der Waals surface area contributed by atoms with E-state index < -0.39 is 17.7 Å². The third kappa shape index (κ3) is 9.77. The number of nitrogens with zero attached hydrogens (tertiary/aromatic N) is 7. The maximum Gasteiger partial charge on any atom is 0.261 e. The SMILES string of the molecule is O=C1C(c2ccc3nc(CCN4C(=O)c5ccccc5C4=O)n(CCc4ccc(Oc5ccc(F)cc5)cc4)c(=O)c3c2)CCN1Cc1ccc(CCn2c(CCN3C(=O)c4ccccc4C3=O)nc3ccccc3c2=O)cc1. The van der Waals surface area contributed by atoms with E-state index in [2.05, 4.69) is 0 Å². The minimum Gasteiger partial charge on any atom is -0.457 e. The Labute approximate surface area is 451 Å². The van der Waals surface area contributed by atoms with Gasteiger partial charge in [0.1, 0.15) is 29.0 Å². The number of ether oxygens (including phenoxy) is 1. The van der Waals surface area contributed by atoms with Gasteiger partial charge < -0.3 is 9.64 Å². The lowest BCUT2D eigenvalue weighted by Crippen LogP contribution is -2.34. The molecule has 15 nitrogen and oxygen atoms in total. The van der Waals surface area contributed by atoms with E-state index in [1.54, 1.807) is 112 Å². The highest BCUT2D eigenvalue weighted by Gasteiger charge is 2.37. The average molecular weight is 1050 g/mol. The zero-order valence-electron chi connectivity index (χ0n) is 42.7. The van der Waals surface area contributed by atoms with E-state index in [-0.39, 0.29) is 67.1 Å². The molecule has 0 aliphatic carbocycles. The lowest BCUT2D eigenvalue weighted by molar-refractivity contribution is -0.129. The molecule has 0 radical (unpaired) electrons. The first-order valence-electron chi connectivity index (χ1n) is 26.3. The molecule has 16 heteroatoms. The predicted octanol–water partition coefficient (Wildman–Crippen LogP) is 8.72. The molecule has 1 atom stereocenters. The van der Waals surface area contributed by atoms with E-state index in [1.807, 2.05) is 53.4 Å². The van der Waals surface area contributed by atoms with Crippen LogP contribution in [0.5, 0.6) is 11.5 Å². The van der Waals surface area contributed by atoms with Gasteiger partial charge in [-0.3, -0.25) is 52.5 Å². The molecule has 7 aromatic carbocycles. The number of carbonyl (C=O) groups excluding carboxylic acids is 5. The molecular weight excluding hydrogens is 1000 g/mol. The van der Waals surface area contributed by atoms with Crippen LogP contribution in [0.15, 0.2) is 173 Å². The Kier molecular flexibility index (Phi) is 13.3. The molecule has 392 valence electrons. The van der Waals surface area contributed by atoms with Crippen LogP contribution in [0.4, 0.5) is 4.39 Å². The van der Waals surface area contributed by atoms with Crippen LogP contribution in [0.1, 0.15) is 87.7 Å². The van der Waals surface area contributed by atoms with Crippen LogP contribution in [0.3, 0.4) is 0 Å². The van der Waals surface area contributed by atoms with Crippen molar-refractivity contribution in [3.63, 3.8) is 0 Å². The highest BCUT2D eigenvalue weighted by Crippen LogP contribution is 2.32. The minimum absolute atomic E-state index is 0.0173. The van der Waals surface area contributed by atoms with Crippen molar-refractivity contribution < 1.29 is 33.1 Å². The summed E-state index contributed by atoms with van der Waals surface area (Å²) in [5, 5.41) is 0.826. The van der Waals surface area contributed by atoms with E-state index >= 15 is 0 Å². The highest BCUT2D eigenvalue weighted by molar-refractivity contribution is 6.22. The molecule has 0 N–H and O–H groups in total. The number of aryl methyl sites for hydroxylation is 2. The van der Waals surface area contributed by atoms with Gasteiger partial charge in [-0.25, -0.2) is 14.4 Å². The second-order valence-electron chi connectivity index (χ2n) is 20.0. The fourth-order valence-corrected chi connectivity index (χ4v) is 10.9. The number of benzene rings is 7. The quantitative estimate of drug-likeness (QED) is 0.0803. The Hall–Kier alpha value is -9.70. The maximum absolute atomic E-state index is 14.7. The number of likely N-dealkylation sites (tertiary alicyclic amines) is 1. The molecule has 3 aliphatic rings. The van der Waals surface area contributed by atoms with Gasteiger partial charge >= 0.3 is 0 Å². The van der Waals surface area contributed by atoms with Gasteiger partial charge in [-0.1, -0.05) is 78.9 Å². The van der Waals surface area contributed by atoms with Crippen LogP contribution in [0.2, 0.25) is 0 Å². The Morgan fingerprint density at radius 3 is 1.47 bits per heavy atom. The van der Waals surface area contributed by atoms with Gasteiger partial charge in [-0.2, -0.15) is 0 Å². The van der Waals surface area contributed by atoms with Crippen molar-refractivity contribution >= 4 is 51.3 Å². The molecule has 5 heterocycles. The standard InChI is InChI=1S/C63H50FN7O8/c64-43-20-24-45(25-21-43)79-44-22-17-40(18-23-44)28-34-69-56(31-36-71-60(75)49-9-3-4-10-50(49)61(71)76)66-54-26-19-42(37-52(54)63(69)78)46-29-32-67(57(46)72)38-41-15-13-39(14-16-41)27-33-68-55(65-53-12-6-5-11-51(53)62(68)77)30-35-70-58(73)47-7-1-2-8-48(47)59(70)74/h1-26,37,46H,27-36,38H2. The van der Waals surface area contributed by atoms with Crippen molar-refractivity contribution in [2.75, 3.05) is 19.6 Å². The number of halogens is 1. The van der Waals surface area contributed by atoms with E-state index in [0.717, 1.165) is 16.7 Å². The number of imide groups is 2. The van der Waals surface area contributed by atoms with Crippen LogP contribution < -0.4 is 15.9 Å². The van der Waals surface area contributed by atoms with Crippen LogP contribution in [-0.4, -0.2) is 83.0 Å². The molecule has 1 saturated heterocycles. The molecular formula is C63H50FN7O8. The molecule has 1 fully saturated rings. The van der Waals surface area contributed by atoms with Gasteiger partial charge in [-0.05, 0) is 126 Å². The second kappa shape index (κ2) is 21.0. The van der Waals surface area contributed by atoms with E-state index in [0.29, 0.717) is 112 Å². The molecule has 0 bridgehead atoms. The van der Waals surface area contributed by atoms with Crippen molar-refractivity contribution in [1.82, 2.24) is 33.8 Å². The second-order valence-corrected chi connectivity index (χ2v) is 20.0. The summed E-state index contributed by atoms with van der Waals surface area (Å²) in [6.45, 7) is 1.53. The zero-order valence-corrected chi connectivity index (χ0v) is 42.7. The number of amides is 5. The number of fused-ring (bicyclic) bond motifs is 4. The first kappa shape index (κ1) is 50.1. The number of hydrogen-bond donors (Lipinski definition) is 0. The Balaban J connectivity index is 0.731. The van der Waals surface area contributed by atoms with Gasteiger partial charge in [0, 0.05) is 52.1 Å². The van der Waals surface area contributed by atoms with Gasteiger partial charge in [-0.15, -0.1) is 0 Å². The molecule has 79 heavy (non-hydrogen) atoms. The summed E-state index contributed by atoms with van der Waals surface area (Å²) >= 11 is 0. The molecule has 2 aromatic heterocycles. The van der Waals surface area contributed by atoms with Gasteiger partial charge in [0.15, 0.2) is 0 Å². The molecule has 12 rings (SSSR count). The third-order valence-electron chi connectivity index (χ3n) is 15.2. The first-order chi connectivity index (χ1) is 38.4. The zero-order chi connectivity index (χ0) is 54.3. The normalized spacial score (nSPS) is 15.0. The molecule has 0 saturated carbocycles. The Morgan fingerprint density at radius 1 is 0.468 bits per heavy atom. The summed E-state index contributed by atoms with van der Waals surface area (Å²) < 4.78 is 22.6. The van der Waals surface area contributed by atoms with Crippen molar-refractivity contribution in [1.29, 1.82) is 0 Å². The smallest absolute Gasteiger partial charge is 0.261 e. The third-order valence-corrected chi connectivity index (χ3v) is 15.2. The van der Waals surface area contributed by atoms with Crippen LogP contribution in [-0.2, 0) is 50.1 Å². The average Bonchev–Trinajstić information content (AvgIpc) is 4.15. The summed E-state index contributed by atoms with van der Waals surface area (Å²) in [5.74, 6) is -0.491. The fourth-order valence-electron chi connectivity index (χ4n) is 10.9. The fraction of sp³-hybridized carbons (Fsp3) is 0.190.